The summed E-state index contributed by atoms with van der Waals surface area (Å²) in [7, 11) is -2.32. The van der Waals surface area contributed by atoms with Crippen molar-refractivity contribution in [1.82, 2.24) is 0 Å². The maximum atomic E-state index is 11.5. The highest BCUT2D eigenvalue weighted by Gasteiger charge is 2.23. The molecule has 94 valence electrons. The molecule has 1 heterocycles. The second-order valence-electron chi connectivity index (χ2n) is 3.60. The molecule has 7 heteroatoms. The van der Waals surface area contributed by atoms with E-state index in [1.54, 1.807) is 6.07 Å². The van der Waals surface area contributed by atoms with Crippen LogP contribution in [0, 0.1) is 0 Å². The number of fused-ring (bicyclic) bond motifs is 1. The number of sulfonamides is 1. The summed E-state index contributed by atoms with van der Waals surface area (Å²) in [5.74, 6) is 0.563. The van der Waals surface area contributed by atoms with Gasteiger partial charge < -0.3 is 14.2 Å². The van der Waals surface area contributed by atoms with Crippen molar-refractivity contribution in [2.75, 3.05) is 20.3 Å². The first kappa shape index (κ1) is 12.2. The van der Waals surface area contributed by atoms with E-state index in [0.29, 0.717) is 24.5 Å². The molecule has 0 atom stereocenters. The minimum atomic E-state index is -3.85. The van der Waals surface area contributed by atoms with Gasteiger partial charge in [-0.3, -0.25) is 0 Å². The molecule has 2 rings (SSSR count). The molecule has 0 spiro atoms. The largest absolute Gasteiger partial charge is 0.486 e. The third-order valence-corrected chi connectivity index (χ3v) is 3.20. The Morgan fingerprint density at radius 3 is 2.71 bits per heavy atom. The molecule has 0 unspecified atom stereocenters. The number of nitrogens with two attached hydrogens (primary N) is 1. The van der Waals surface area contributed by atoms with Crippen LogP contribution in [0.15, 0.2) is 17.0 Å². The Bertz CT molecular complexity index is 526. The average Bonchev–Trinajstić information content (AvgIpc) is 2.27. The maximum Gasteiger partial charge on any atom is 0.241 e. The van der Waals surface area contributed by atoms with Crippen molar-refractivity contribution < 1.29 is 22.6 Å². The number of primary sulfonamides is 1. The summed E-state index contributed by atoms with van der Waals surface area (Å²) in [5.41, 5.74) is 0.667. The van der Waals surface area contributed by atoms with Gasteiger partial charge in [0, 0.05) is 7.11 Å². The van der Waals surface area contributed by atoms with E-state index in [1.165, 1.54) is 13.2 Å². The van der Waals surface area contributed by atoms with Gasteiger partial charge in [-0.15, -0.1) is 0 Å². The Morgan fingerprint density at radius 1 is 1.35 bits per heavy atom. The second-order valence-corrected chi connectivity index (χ2v) is 5.13. The van der Waals surface area contributed by atoms with E-state index in [0.717, 1.165) is 0 Å². The highest BCUT2D eigenvalue weighted by molar-refractivity contribution is 7.89. The first-order valence-electron chi connectivity index (χ1n) is 4.96. The molecular weight excluding hydrogens is 246 g/mol. The Hall–Kier alpha value is -1.31. The molecule has 1 aliphatic rings. The van der Waals surface area contributed by atoms with Crippen molar-refractivity contribution in [3.63, 3.8) is 0 Å². The molecule has 0 aromatic heterocycles. The van der Waals surface area contributed by atoms with Gasteiger partial charge in [-0.25, -0.2) is 13.6 Å². The summed E-state index contributed by atoms with van der Waals surface area (Å²) in [6, 6.07) is 3.12. The van der Waals surface area contributed by atoms with Gasteiger partial charge in [-0.2, -0.15) is 0 Å². The van der Waals surface area contributed by atoms with Crippen LogP contribution >= 0.6 is 0 Å². The third-order valence-electron chi connectivity index (χ3n) is 2.29. The summed E-state index contributed by atoms with van der Waals surface area (Å²) in [6.45, 7) is 0.964. The lowest BCUT2D eigenvalue weighted by Crippen LogP contribution is -2.21. The predicted molar refractivity (Wildman–Crippen MR) is 59.5 cm³/mol. The molecule has 0 bridgehead atoms. The van der Waals surface area contributed by atoms with Gasteiger partial charge in [-0.1, -0.05) is 0 Å². The summed E-state index contributed by atoms with van der Waals surface area (Å²) < 4.78 is 38.5. The minimum Gasteiger partial charge on any atom is -0.486 e. The maximum absolute atomic E-state index is 11.5. The van der Waals surface area contributed by atoms with Crippen LogP contribution in [0.1, 0.15) is 5.56 Å². The van der Waals surface area contributed by atoms with Crippen molar-refractivity contribution in [1.29, 1.82) is 0 Å². The van der Waals surface area contributed by atoms with Gasteiger partial charge >= 0.3 is 0 Å². The van der Waals surface area contributed by atoms with Crippen LogP contribution in [0.5, 0.6) is 11.5 Å². The first-order valence-corrected chi connectivity index (χ1v) is 6.51. The number of methoxy groups -OCH3 is 1. The second kappa shape index (κ2) is 4.52. The van der Waals surface area contributed by atoms with Crippen LogP contribution in [0.2, 0.25) is 0 Å². The molecule has 1 aromatic rings. The number of ether oxygens (including phenoxy) is 3. The van der Waals surface area contributed by atoms with Crippen molar-refractivity contribution in [3.8, 4) is 11.5 Å². The number of rotatable bonds is 3. The minimum absolute atomic E-state index is 0.0678. The van der Waals surface area contributed by atoms with Crippen molar-refractivity contribution in [2.24, 2.45) is 5.14 Å². The fraction of sp³-hybridized carbons (Fsp3) is 0.400. The molecule has 1 aliphatic heterocycles. The van der Waals surface area contributed by atoms with Crippen LogP contribution in [0.4, 0.5) is 0 Å². The topological polar surface area (TPSA) is 87.9 Å². The van der Waals surface area contributed by atoms with Crippen LogP contribution in [-0.4, -0.2) is 28.7 Å². The molecule has 2 N–H and O–H groups in total. The lowest BCUT2D eigenvalue weighted by Gasteiger charge is -2.21. The fourth-order valence-corrected chi connectivity index (χ4v) is 2.37. The predicted octanol–water partition coefficient (Wildman–Crippen LogP) is 0.252. The molecule has 0 saturated heterocycles. The zero-order valence-corrected chi connectivity index (χ0v) is 10.1. The summed E-state index contributed by atoms with van der Waals surface area (Å²) in [4.78, 5) is -0.0678. The van der Waals surface area contributed by atoms with Gasteiger partial charge in [0.25, 0.3) is 0 Å². The zero-order chi connectivity index (χ0) is 12.5. The Kier molecular flexibility index (Phi) is 3.23. The van der Waals surface area contributed by atoms with E-state index >= 15 is 0 Å². The summed E-state index contributed by atoms with van der Waals surface area (Å²) >= 11 is 0. The quantitative estimate of drug-likeness (QED) is 0.840. The van der Waals surface area contributed by atoms with Gasteiger partial charge in [0.2, 0.25) is 10.0 Å². The molecule has 1 aromatic carbocycles. The zero-order valence-electron chi connectivity index (χ0n) is 9.30. The van der Waals surface area contributed by atoms with Crippen molar-refractivity contribution >= 4 is 10.0 Å². The van der Waals surface area contributed by atoms with Crippen molar-refractivity contribution in [2.45, 2.75) is 11.5 Å². The standard InChI is InChI=1S/C10H13NO5S/c1-14-6-7-4-8-10(16-3-2-15-8)9(5-7)17(11,12)13/h4-5H,2-3,6H2,1H3,(H2,11,12,13). The van der Waals surface area contributed by atoms with Crippen LogP contribution < -0.4 is 14.6 Å². The van der Waals surface area contributed by atoms with Crippen LogP contribution in [-0.2, 0) is 21.4 Å². The van der Waals surface area contributed by atoms with Crippen LogP contribution in [0.25, 0.3) is 0 Å². The highest BCUT2D eigenvalue weighted by atomic mass is 32.2. The van der Waals surface area contributed by atoms with Gasteiger partial charge in [0.1, 0.15) is 18.1 Å². The molecule has 0 amide bonds. The molecule has 0 saturated carbocycles. The Morgan fingerprint density at radius 2 is 2.06 bits per heavy atom. The number of hydrogen-bond donors (Lipinski definition) is 1. The third kappa shape index (κ3) is 2.51. The van der Waals surface area contributed by atoms with E-state index in [1.807, 2.05) is 0 Å². The summed E-state index contributed by atoms with van der Waals surface area (Å²) in [6.07, 6.45) is 0. The van der Waals surface area contributed by atoms with Crippen LogP contribution in [0.3, 0.4) is 0 Å². The fourth-order valence-electron chi connectivity index (χ4n) is 1.64. The Labute approximate surface area is 99.3 Å². The van der Waals surface area contributed by atoms with Gasteiger partial charge in [-0.05, 0) is 17.7 Å². The first-order chi connectivity index (χ1) is 8.02. The molecule has 0 radical (unpaired) electrons. The highest BCUT2D eigenvalue weighted by Crippen LogP contribution is 2.37. The van der Waals surface area contributed by atoms with Gasteiger partial charge in [0.15, 0.2) is 11.5 Å². The molecule has 0 aliphatic carbocycles. The SMILES string of the molecule is COCc1cc2c(c(S(N)(=O)=O)c1)OCCO2. The number of hydrogen-bond acceptors (Lipinski definition) is 5. The van der Waals surface area contributed by atoms with E-state index < -0.39 is 10.0 Å². The van der Waals surface area contributed by atoms with E-state index in [-0.39, 0.29) is 17.3 Å². The normalized spacial score (nSPS) is 14.7. The molecule has 17 heavy (non-hydrogen) atoms. The Balaban J connectivity index is 2.58. The molecular formula is C10H13NO5S. The molecule has 0 fully saturated rings. The van der Waals surface area contributed by atoms with Crippen molar-refractivity contribution in [3.05, 3.63) is 17.7 Å². The van der Waals surface area contributed by atoms with E-state index in [9.17, 15) is 8.42 Å². The lowest BCUT2D eigenvalue weighted by atomic mass is 10.2. The summed E-state index contributed by atoms with van der Waals surface area (Å²) in [5, 5.41) is 5.14. The monoisotopic (exact) mass is 259 g/mol. The smallest absolute Gasteiger partial charge is 0.241 e. The average molecular weight is 259 g/mol. The van der Waals surface area contributed by atoms with E-state index in [2.05, 4.69) is 0 Å². The van der Waals surface area contributed by atoms with E-state index in [4.69, 9.17) is 19.3 Å². The van der Waals surface area contributed by atoms with Gasteiger partial charge in [0.05, 0.1) is 6.61 Å². The lowest BCUT2D eigenvalue weighted by molar-refractivity contribution is 0.163. The molecule has 6 nitrogen and oxygen atoms in total. The number of benzene rings is 1.